The van der Waals surface area contributed by atoms with Gasteiger partial charge in [-0.25, -0.2) is 0 Å². The third kappa shape index (κ3) is 4.59. The number of nitrogens with zero attached hydrogens (tertiary/aromatic N) is 1. The molecular weight excluding hydrogens is 274 g/mol. The highest BCUT2D eigenvalue weighted by Gasteiger charge is 2.29. The van der Waals surface area contributed by atoms with Crippen LogP contribution < -0.4 is 16.2 Å². The van der Waals surface area contributed by atoms with Gasteiger partial charge in [-0.1, -0.05) is 6.07 Å². The quantitative estimate of drug-likeness (QED) is 0.592. The van der Waals surface area contributed by atoms with E-state index in [2.05, 4.69) is 0 Å². The minimum absolute atomic E-state index is 0.117. The Bertz CT molecular complexity index is 483. The summed E-state index contributed by atoms with van der Waals surface area (Å²) in [6, 6.07) is 6.50. The Morgan fingerprint density at radius 1 is 1.57 bits per heavy atom. The van der Waals surface area contributed by atoms with Crippen molar-refractivity contribution in [1.82, 2.24) is 4.90 Å². The molecule has 7 heteroatoms. The molecular formula is C14H21N3O4. The highest BCUT2D eigenvalue weighted by atomic mass is 16.5. The lowest BCUT2D eigenvalue weighted by Crippen LogP contribution is -2.54. The minimum atomic E-state index is -0.730. The summed E-state index contributed by atoms with van der Waals surface area (Å²) in [5, 5.41) is 10.0. The van der Waals surface area contributed by atoms with E-state index in [1.54, 1.807) is 24.3 Å². The number of aliphatic hydroxyl groups is 1. The number of anilines is 1. The van der Waals surface area contributed by atoms with Crippen LogP contribution >= 0.6 is 0 Å². The van der Waals surface area contributed by atoms with Crippen molar-refractivity contribution in [3.05, 3.63) is 24.3 Å². The maximum atomic E-state index is 11.3. The average molecular weight is 295 g/mol. The number of morpholine rings is 1. The number of ether oxygens (including phenoxy) is 2. The molecule has 1 saturated heterocycles. The molecule has 21 heavy (non-hydrogen) atoms. The van der Waals surface area contributed by atoms with Gasteiger partial charge in [-0.05, 0) is 12.1 Å². The Hall–Kier alpha value is -1.83. The molecule has 0 aliphatic carbocycles. The number of hydrogen-bond donors (Lipinski definition) is 3. The molecule has 1 amide bonds. The summed E-state index contributed by atoms with van der Waals surface area (Å²) in [6.45, 7) is 1.76. The molecule has 0 bridgehead atoms. The van der Waals surface area contributed by atoms with Crippen LogP contribution in [0.4, 0.5) is 5.69 Å². The number of carbonyl (C=O) groups excluding carboxylic acids is 1. The Labute approximate surface area is 123 Å². The van der Waals surface area contributed by atoms with Crippen LogP contribution in [-0.4, -0.2) is 61.0 Å². The molecule has 1 aromatic carbocycles. The topological polar surface area (TPSA) is 111 Å². The fourth-order valence-electron chi connectivity index (χ4n) is 2.24. The van der Waals surface area contributed by atoms with E-state index in [1.807, 2.05) is 4.90 Å². The zero-order valence-corrected chi connectivity index (χ0v) is 11.8. The summed E-state index contributed by atoms with van der Waals surface area (Å²) in [7, 11) is 0. The van der Waals surface area contributed by atoms with Gasteiger partial charge >= 0.3 is 0 Å². The van der Waals surface area contributed by atoms with Crippen LogP contribution in [0.15, 0.2) is 24.3 Å². The van der Waals surface area contributed by atoms with Gasteiger partial charge in [-0.3, -0.25) is 9.69 Å². The fourth-order valence-corrected chi connectivity index (χ4v) is 2.24. The van der Waals surface area contributed by atoms with Gasteiger partial charge in [0, 0.05) is 24.8 Å². The second-order valence-electron chi connectivity index (χ2n) is 5.03. The van der Waals surface area contributed by atoms with E-state index < -0.39 is 18.1 Å². The third-order valence-electron chi connectivity index (χ3n) is 3.31. The van der Waals surface area contributed by atoms with Gasteiger partial charge in [0.2, 0.25) is 5.91 Å². The molecule has 0 spiro atoms. The lowest BCUT2D eigenvalue weighted by Gasteiger charge is -2.34. The van der Waals surface area contributed by atoms with E-state index in [1.165, 1.54) is 0 Å². The van der Waals surface area contributed by atoms with Crippen molar-refractivity contribution in [2.24, 2.45) is 5.73 Å². The minimum Gasteiger partial charge on any atom is -0.491 e. The van der Waals surface area contributed by atoms with E-state index in [4.69, 9.17) is 20.9 Å². The van der Waals surface area contributed by atoms with Gasteiger partial charge in [-0.2, -0.15) is 0 Å². The zero-order valence-electron chi connectivity index (χ0n) is 11.8. The molecule has 1 aromatic rings. The average Bonchev–Trinajstić information content (AvgIpc) is 2.45. The summed E-state index contributed by atoms with van der Waals surface area (Å²) >= 11 is 0. The van der Waals surface area contributed by atoms with Crippen molar-refractivity contribution in [1.29, 1.82) is 0 Å². The zero-order chi connectivity index (χ0) is 15.2. The first-order chi connectivity index (χ1) is 10.1. The standard InChI is InChI=1S/C14H21N3O4/c15-10-2-1-3-12(6-10)21-8-11(18)7-17-4-5-20-9-13(17)14(16)19/h1-3,6,11,13,18H,4-5,7-9,15H2,(H2,16,19). The van der Waals surface area contributed by atoms with Crippen LogP contribution in [0.5, 0.6) is 5.75 Å². The number of primary amides is 1. The lowest BCUT2D eigenvalue weighted by atomic mass is 10.2. The van der Waals surface area contributed by atoms with E-state index in [9.17, 15) is 9.90 Å². The summed E-state index contributed by atoms with van der Waals surface area (Å²) in [5.74, 6) is 0.154. The highest BCUT2D eigenvalue weighted by molar-refractivity contribution is 5.80. The lowest BCUT2D eigenvalue weighted by molar-refractivity contribution is -0.130. The van der Waals surface area contributed by atoms with Crippen molar-refractivity contribution < 1.29 is 19.4 Å². The molecule has 2 rings (SSSR count). The second-order valence-corrected chi connectivity index (χ2v) is 5.03. The van der Waals surface area contributed by atoms with Crippen molar-refractivity contribution in [2.45, 2.75) is 12.1 Å². The molecule has 2 atom stereocenters. The number of benzene rings is 1. The van der Waals surface area contributed by atoms with E-state index in [0.717, 1.165) is 0 Å². The van der Waals surface area contributed by atoms with Crippen LogP contribution in [0.3, 0.4) is 0 Å². The number of rotatable bonds is 6. The summed E-state index contributed by atoms with van der Waals surface area (Å²) < 4.78 is 10.7. The van der Waals surface area contributed by atoms with Crippen molar-refractivity contribution >= 4 is 11.6 Å². The second kappa shape index (κ2) is 7.26. The Balaban J connectivity index is 1.83. The normalized spacial score (nSPS) is 20.9. The SMILES string of the molecule is NC(=O)C1COCCN1CC(O)COc1cccc(N)c1. The molecule has 1 heterocycles. The monoisotopic (exact) mass is 295 g/mol. The predicted octanol–water partition coefficient (Wildman–Crippen LogP) is -0.805. The number of nitrogen functional groups attached to an aromatic ring is 1. The van der Waals surface area contributed by atoms with Gasteiger partial charge in [0.05, 0.1) is 13.2 Å². The van der Waals surface area contributed by atoms with Crippen molar-refractivity contribution in [2.75, 3.05) is 38.6 Å². The Morgan fingerprint density at radius 2 is 2.38 bits per heavy atom. The number of amides is 1. The number of β-amino-alcohol motifs (C(OH)–C–C–N with tert-alkyl or cyclic N) is 1. The number of nitrogens with two attached hydrogens (primary N) is 2. The molecule has 1 aliphatic heterocycles. The molecule has 7 nitrogen and oxygen atoms in total. The van der Waals surface area contributed by atoms with Gasteiger partial charge < -0.3 is 26.0 Å². The Kier molecular flexibility index (Phi) is 5.38. The Morgan fingerprint density at radius 3 is 3.10 bits per heavy atom. The molecule has 1 fully saturated rings. The number of hydrogen-bond acceptors (Lipinski definition) is 6. The van der Waals surface area contributed by atoms with Gasteiger partial charge in [-0.15, -0.1) is 0 Å². The smallest absolute Gasteiger partial charge is 0.237 e. The summed E-state index contributed by atoms with van der Waals surface area (Å²) in [6.07, 6.45) is -0.730. The first kappa shape index (κ1) is 15.6. The summed E-state index contributed by atoms with van der Waals surface area (Å²) in [4.78, 5) is 13.2. The van der Waals surface area contributed by atoms with Crippen LogP contribution in [0, 0.1) is 0 Å². The van der Waals surface area contributed by atoms with Crippen LogP contribution in [0.1, 0.15) is 0 Å². The van der Waals surface area contributed by atoms with Crippen molar-refractivity contribution in [3.63, 3.8) is 0 Å². The molecule has 2 unspecified atom stereocenters. The van der Waals surface area contributed by atoms with Gasteiger partial charge in [0.25, 0.3) is 0 Å². The van der Waals surface area contributed by atoms with E-state index in [-0.39, 0.29) is 13.2 Å². The van der Waals surface area contributed by atoms with Crippen LogP contribution in [0.2, 0.25) is 0 Å². The number of carbonyl (C=O) groups is 1. The highest BCUT2D eigenvalue weighted by Crippen LogP contribution is 2.15. The van der Waals surface area contributed by atoms with Crippen LogP contribution in [-0.2, 0) is 9.53 Å². The van der Waals surface area contributed by atoms with E-state index in [0.29, 0.717) is 31.1 Å². The molecule has 116 valence electrons. The maximum absolute atomic E-state index is 11.3. The summed E-state index contributed by atoms with van der Waals surface area (Å²) in [5.41, 5.74) is 11.6. The van der Waals surface area contributed by atoms with Gasteiger partial charge in [0.15, 0.2) is 0 Å². The molecule has 0 aromatic heterocycles. The fraction of sp³-hybridized carbons (Fsp3) is 0.500. The molecule has 0 radical (unpaired) electrons. The molecule has 0 saturated carbocycles. The van der Waals surface area contributed by atoms with Gasteiger partial charge in [0.1, 0.15) is 24.5 Å². The van der Waals surface area contributed by atoms with Crippen molar-refractivity contribution in [3.8, 4) is 5.75 Å². The largest absolute Gasteiger partial charge is 0.491 e. The first-order valence-corrected chi connectivity index (χ1v) is 6.84. The van der Waals surface area contributed by atoms with E-state index >= 15 is 0 Å². The molecule has 5 N–H and O–H groups in total. The first-order valence-electron chi connectivity index (χ1n) is 6.84. The molecule has 1 aliphatic rings. The predicted molar refractivity (Wildman–Crippen MR) is 77.7 cm³/mol. The maximum Gasteiger partial charge on any atom is 0.237 e. The third-order valence-corrected chi connectivity index (χ3v) is 3.31. The van der Waals surface area contributed by atoms with Crippen LogP contribution in [0.25, 0.3) is 0 Å². The number of aliphatic hydroxyl groups excluding tert-OH is 1.